The van der Waals surface area contributed by atoms with Gasteiger partial charge < -0.3 is 10.2 Å². The Morgan fingerprint density at radius 2 is 2.44 bits per heavy atom. The number of nitrogens with zero attached hydrogens (tertiary/aromatic N) is 1. The first kappa shape index (κ1) is 13.7. The molecule has 0 saturated carbocycles. The van der Waals surface area contributed by atoms with Gasteiger partial charge in [-0.25, -0.2) is 4.79 Å². The van der Waals surface area contributed by atoms with Crippen LogP contribution in [0.2, 0.25) is 0 Å². The van der Waals surface area contributed by atoms with Crippen LogP contribution in [0.1, 0.15) is 29.9 Å². The number of nitrogens with one attached hydrogen (secondary N) is 1. The second-order valence-corrected chi connectivity index (χ2v) is 6.67. The molecule has 0 spiro atoms. The highest BCUT2D eigenvalue weighted by Gasteiger charge is 2.22. The molecule has 1 aromatic heterocycles. The summed E-state index contributed by atoms with van der Waals surface area (Å²) in [6.07, 6.45) is 2.05. The van der Waals surface area contributed by atoms with E-state index in [1.807, 2.05) is 28.0 Å². The topological polar surface area (TPSA) is 32.3 Å². The van der Waals surface area contributed by atoms with Crippen LogP contribution in [0.5, 0.6) is 0 Å². The van der Waals surface area contributed by atoms with Crippen molar-refractivity contribution in [1.29, 1.82) is 0 Å². The average molecular weight is 284 g/mol. The van der Waals surface area contributed by atoms with Crippen LogP contribution in [0.4, 0.5) is 4.79 Å². The van der Waals surface area contributed by atoms with Crippen molar-refractivity contribution in [1.82, 2.24) is 10.2 Å². The quantitative estimate of drug-likeness (QED) is 0.923. The Morgan fingerprint density at radius 1 is 1.56 bits per heavy atom. The molecule has 0 aromatic carbocycles. The summed E-state index contributed by atoms with van der Waals surface area (Å²) >= 11 is 3.80. The van der Waals surface area contributed by atoms with Crippen LogP contribution in [0.15, 0.2) is 17.5 Å². The van der Waals surface area contributed by atoms with Crippen LogP contribution in [0.25, 0.3) is 0 Å². The minimum absolute atomic E-state index is 0.101. The van der Waals surface area contributed by atoms with Crippen molar-refractivity contribution < 1.29 is 4.79 Å². The predicted molar refractivity (Wildman–Crippen MR) is 79.4 cm³/mol. The number of hydrogen-bond acceptors (Lipinski definition) is 3. The number of hydrogen-bond donors (Lipinski definition) is 1. The lowest BCUT2D eigenvalue weighted by Crippen LogP contribution is -2.41. The van der Waals surface area contributed by atoms with E-state index in [4.69, 9.17) is 0 Å². The maximum atomic E-state index is 11.9. The smallest absolute Gasteiger partial charge is 0.317 e. The molecular formula is C13H20N2OS2. The van der Waals surface area contributed by atoms with Crippen molar-refractivity contribution in [3.63, 3.8) is 0 Å². The standard InChI is InChI=1S/C13H20N2OS2/c1-2-6-14-13(16)15-7-5-12(18-10-8-15)11-4-3-9-17-11/h3-4,9,12H,2,5-8,10H2,1H3,(H,14,16). The number of urea groups is 1. The van der Waals surface area contributed by atoms with E-state index in [0.717, 1.165) is 38.2 Å². The fourth-order valence-corrected chi connectivity index (χ4v) is 4.26. The predicted octanol–water partition coefficient (Wildman–Crippen LogP) is 3.35. The molecule has 1 unspecified atom stereocenters. The van der Waals surface area contributed by atoms with Gasteiger partial charge in [-0.3, -0.25) is 0 Å². The van der Waals surface area contributed by atoms with E-state index in [-0.39, 0.29) is 6.03 Å². The number of rotatable bonds is 3. The van der Waals surface area contributed by atoms with Gasteiger partial charge in [0.05, 0.1) is 0 Å². The van der Waals surface area contributed by atoms with E-state index in [1.165, 1.54) is 4.88 Å². The summed E-state index contributed by atoms with van der Waals surface area (Å²) in [5.74, 6) is 1.03. The monoisotopic (exact) mass is 284 g/mol. The van der Waals surface area contributed by atoms with Gasteiger partial charge in [-0.2, -0.15) is 11.8 Å². The van der Waals surface area contributed by atoms with E-state index in [9.17, 15) is 4.79 Å². The van der Waals surface area contributed by atoms with Gasteiger partial charge in [-0.15, -0.1) is 11.3 Å². The van der Waals surface area contributed by atoms with Crippen molar-refractivity contribution in [3.05, 3.63) is 22.4 Å². The fourth-order valence-electron chi connectivity index (χ4n) is 2.02. The molecule has 1 saturated heterocycles. The zero-order valence-electron chi connectivity index (χ0n) is 10.7. The van der Waals surface area contributed by atoms with Crippen LogP contribution >= 0.6 is 23.1 Å². The van der Waals surface area contributed by atoms with Gasteiger partial charge in [-0.05, 0) is 24.3 Å². The Morgan fingerprint density at radius 3 is 3.17 bits per heavy atom. The summed E-state index contributed by atoms with van der Waals surface area (Å²) in [6, 6.07) is 4.41. The highest BCUT2D eigenvalue weighted by Crippen LogP contribution is 2.36. The first-order chi connectivity index (χ1) is 8.81. The van der Waals surface area contributed by atoms with Gasteiger partial charge in [0.15, 0.2) is 0 Å². The fraction of sp³-hybridized carbons (Fsp3) is 0.615. The van der Waals surface area contributed by atoms with Crippen molar-refractivity contribution in [2.45, 2.75) is 25.0 Å². The lowest BCUT2D eigenvalue weighted by Gasteiger charge is -2.20. The van der Waals surface area contributed by atoms with Crippen LogP contribution in [0, 0.1) is 0 Å². The molecule has 5 heteroatoms. The largest absolute Gasteiger partial charge is 0.338 e. The molecule has 100 valence electrons. The van der Waals surface area contributed by atoms with Crippen molar-refractivity contribution in [2.75, 3.05) is 25.4 Å². The van der Waals surface area contributed by atoms with E-state index in [0.29, 0.717) is 5.25 Å². The van der Waals surface area contributed by atoms with E-state index >= 15 is 0 Å². The average Bonchev–Trinajstić information content (AvgIpc) is 2.80. The van der Waals surface area contributed by atoms with Gasteiger partial charge in [0.25, 0.3) is 0 Å². The Bertz CT molecular complexity index is 367. The first-order valence-electron chi connectivity index (χ1n) is 6.49. The highest BCUT2D eigenvalue weighted by atomic mass is 32.2. The molecule has 0 bridgehead atoms. The molecule has 1 aliphatic rings. The minimum atomic E-state index is 0.101. The second-order valence-electron chi connectivity index (χ2n) is 4.38. The lowest BCUT2D eigenvalue weighted by molar-refractivity contribution is 0.201. The lowest BCUT2D eigenvalue weighted by atomic mass is 10.2. The van der Waals surface area contributed by atoms with Crippen molar-refractivity contribution in [3.8, 4) is 0 Å². The Labute approximate surface area is 117 Å². The number of amides is 2. The summed E-state index contributed by atoms with van der Waals surface area (Å²) in [5.41, 5.74) is 0. The molecule has 1 aromatic rings. The molecule has 2 heterocycles. The van der Waals surface area contributed by atoms with Crippen LogP contribution in [-0.2, 0) is 0 Å². The number of carbonyl (C=O) groups is 1. The highest BCUT2D eigenvalue weighted by molar-refractivity contribution is 7.99. The molecule has 1 atom stereocenters. The van der Waals surface area contributed by atoms with Gasteiger partial charge in [0.1, 0.15) is 0 Å². The zero-order chi connectivity index (χ0) is 12.8. The SMILES string of the molecule is CCCNC(=O)N1CCSC(c2cccs2)CC1. The molecule has 1 aliphatic heterocycles. The Balaban J connectivity index is 1.86. The Kier molecular flexibility index (Phi) is 5.38. The van der Waals surface area contributed by atoms with Crippen molar-refractivity contribution in [2.24, 2.45) is 0 Å². The molecule has 0 radical (unpaired) electrons. The van der Waals surface area contributed by atoms with E-state index < -0.39 is 0 Å². The van der Waals surface area contributed by atoms with E-state index in [1.54, 1.807) is 0 Å². The molecule has 0 aliphatic carbocycles. The summed E-state index contributed by atoms with van der Waals surface area (Å²) in [6.45, 7) is 4.58. The molecule has 2 rings (SSSR count). The maximum absolute atomic E-state index is 11.9. The van der Waals surface area contributed by atoms with E-state index in [2.05, 4.69) is 29.8 Å². The normalized spacial score (nSPS) is 20.5. The zero-order valence-corrected chi connectivity index (χ0v) is 12.4. The van der Waals surface area contributed by atoms with Gasteiger partial charge >= 0.3 is 6.03 Å². The third-order valence-electron chi connectivity index (χ3n) is 3.02. The first-order valence-corrected chi connectivity index (χ1v) is 8.42. The Hall–Kier alpha value is -0.680. The summed E-state index contributed by atoms with van der Waals surface area (Å²) in [5, 5.41) is 5.66. The molecule has 3 nitrogen and oxygen atoms in total. The van der Waals surface area contributed by atoms with Gasteiger partial charge in [0.2, 0.25) is 0 Å². The molecule has 18 heavy (non-hydrogen) atoms. The van der Waals surface area contributed by atoms with Crippen molar-refractivity contribution >= 4 is 29.1 Å². The number of thioether (sulfide) groups is 1. The van der Waals surface area contributed by atoms with Gasteiger partial charge in [0, 0.05) is 35.5 Å². The summed E-state index contributed by atoms with van der Waals surface area (Å²) in [4.78, 5) is 15.3. The van der Waals surface area contributed by atoms with Crippen LogP contribution < -0.4 is 5.32 Å². The third-order valence-corrected chi connectivity index (χ3v) is 5.46. The molecular weight excluding hydrogens is 264 g/mol. The molecule has 2 amide bonds. The number of carbonyl (C=O) groups excluding carboxylic acids is 1. The minimum Gasteiger partial charge on any atom is -0.338 e. The van der Waals surface area contributed by atoms with Crippen LogP contribution in [-0.4, -0.2) is 36.3 Å². The van der Waals surface area contributed by atoms with Gasteiger partial charge in [-0.1, -0.05) is 13.0 Å². The molecule has 1 fully saturated rings. The summed E-state index contributed by atoms with van der Waals surface area (Å²) in [7, 11) is 0. The number of thiophene rings is 1. The maximum Gasteiger partial charge on any atom is 0.317 e. The van der Waals surface area contributed by atoms with Crippen LogP contribution in [0.3, 0.4) is 0 Å². The molecule has 1 N–H and O–H groups in total. The third kappa shape index (κ3) is 3.65. The second kappa shape index (κ2) is 7.04. The summed E-state index contributed by atoms with van der Waals surface area (Å²) < 4.78 is 0.